The molecule has 0 unspecified atom stereocenters. The van der Waals surface area contributed by atoms with Gasteiger partial charge in [0.1, 0.15) is 5.82 Å². The van der Waals surface area contributed by atoms with E-state index >= 15 is 0 Å². The first kappa shape index (κ1) is 16.6. The second kappa shape index (κ2) is 7.59. The summed E-state index contributed by atoms with van der Waals surface area (Å²) in [5, 5.41) is 16.5. The number of para-hydroxylation sites is 1. The van der Waals surface area contributed by atoms with Crippen LogP contribution in [0.15, 0.2) is 41.5 Å². The predicted molar refractivity (Wildman–Crippen MR) is 103 cm³/mol. The number of hydrogen-bond donors (Lipinski definition) is 2. The highest BCUT2D eigenvalue weighted by Gasteiger charge is 2.16. The van der Waals surface area contributed by atoms with Crippen LogP contribution in [0.3, 0.4) is 0 Å². The van der Waals surface area contributed by atoms with Crippen molar-refractivity contribution in [3.8, 4) is 0 Å². The van der Waals surface area contributed by atoms with E-state index in [0.29, 0.717) is 6.54 Å². The van der Waals surface area contributed by atoms with Crippen LogP contribution in [-0.4, -0.2) is 38.9 Å². The van der Waals surface area contributed by atoms with Gasteiger partial charge in [0.25, 0.3) is 0 Å². The molecule has 0 saturated heterocycles. The van der Waals surface area contributed by atoms with Gasteiger partial charge in [0.2, 0.25) is 0 Å². The minimum atomic E-state index is 0.648. The van der Waals surface area contributed by atoms with E-state index in [1.165, 1.54) is 17.3 Å². The molecular weight excluding hydrogens is 326 g/mol. The van der Waals surface area contributed by atoms with Gasteiger partial charge in [-0.05, 0) is 30.4 Å². The molecule has 7 nitrogen and oxygen atoms in total. The third-order valence-electron chi connectivity index (χ3n) is 4.87. The highest BCUT2D eigenvalue weighted by Crippen LogP contribution is 2.15. The van der Waals surface area contributed by atoms with Crippen LogP contribution < -0.4 is 10.6 Å². The van der Waals surface area contributed by atoms with Crippen LogP contribution in [0.4, 0.5) is 0 Å². The molecule has 0 spiro atoms. The summed E-state index contributed by atoms with van der Waals surface area (Å²) >= 11 is 0. The van der Waals surface area contributed by atoms with Gasteiger partial charge in [-0.2, -0.15) is 0 Å². The number of guanidine groups is 1. The second-order valence-electron chi connectivity index (χ2n) is 6.56. The standard InChI is InChI=1S/C19H25N7/c1-20-19(22-14-18-24-23-17-8-4-12-26(17)18)21-10-5-11-25-13-9-15-6-2-3-7-16(15)25/h2-3,6-7,9,13H,4-5,8,10-12,14H2,1H3,(H2,20,21,22). The van der Waals surface area contributed by atoms with Crippen molar-refractivity contribution in [1.29, 1.82) is 0 Å². The summed E-state index contributed by atoms with van der Waals surface area (Å²) in [7, 11) is 1.79. The van der Waals surface area contributed by atoms with E-state index in [-0.39, 0.29) is 0 Å². The number of nitrogens with zero attached hydrogens (tertiary/aromatic N) is 5. The molecule has 1 aliphatic rings. The smallest absolute Gasteiger partial charge is 0.191 e. The predicted octanol–water partition coefficient (Wildman–Crippen LogP) is 1.93. The molecule has 3 aromatic rings. The number of nitrogens with one attached hydrogen (secondary N) is 2. The minimum Gasteiger partial charge on any atom is -0.356 e. The molecule has 0 radical (unpaired) electrons. The van der Waals surface area contributed by atoms with Crippen molar-refractivity contribution in [2.75, 3.05) is 13.6 Å². The number of hydrogen-bond acceptors (Lipinski definition) is 3. The monoisotopic (exact) mass is 351 g/mol. The maximum atomic E-state index is 4.30. The summed E-state index contributed by atoms with van der Waals surface area (Å²) < 4.78 is 4.50. The van der Waals surface area contributed by atoms with E-state index in [4.69, 9.17) is 0 Å². The van der Waals surface area contributed by atoms with Crippen molar-refractivity contribution in [3.05, 3.63) is 48.2 Å². The Kier molecular flexibility index (Phi) is 4.86. The van der Waals surface area contributed by atoms with Crippen molar-refractivity contribution < 1.29 is 0 Å². The van der Waals surface area contributed by atoms with Crippen molar-refractivity contribution in [2.45, 2.75) is 38.9 Å². The van der Waals surface area contributed by atoms with Crippen molar-refractivity contribution in [3.63, 3.8) is 0 Å². The zero-order chi connectivity index (χ0) is 17.8. The van der Waals surface area contributed by atoms with Crippen LogP contribution in [-0.2, 0) is 26.1 Å². The second-order valence-corrected chi connectivity index (χ2v) is 6.56. The number of aryl methyl sites for hydroxylation is 2. The molecule has 2 aromatic heterocycles. The van der Waals surface area contributed by atoms with E-state index < -0.39 is 0 Å². The highest BCUT2D eigenvalue weighted by molar-refractivity contribution is 5.80. The average Bonchev–Trinajstić information content (AvgIpc) is 3.37. The summed E-state index contributed by atoms with van der Waals surface area (Å²) in [5.74, 6) is 2.89. The average molecular weight is 351 g/mol. The van der Waals surface area contributed by atoms with Gasteiger partial charge in [0.05, 0.1) is 6.54 Å². The number of aromatic nitrogens is 4. The quantitative estimate of drug-likeness (QED) is 0.404. The molecule has 7 heteroatoms. The Bertz CT molecular complexity index is 906. The number of fused-ring (bicyclic) bond motifs is 2. The van der Waals surface area contributed by atoms with Crippen LogP contribution in [0.1, 0.15) is 24.5 Å². The first-order chi connectivity index (χ1) is 12.8. The minimum absolute atomic E-state index is 0.648. The fourth-order valence-corrected chi connectivity index (χ4v) is 3.52. The zero-order valence-corrected chi connectivity index (χ0v) is 15.1. The largest absolute Gasteiger partial charge is 0.356 e. The first-order valence-electron chi connectivity index (χ1n) is 9.24. The van der Waals surface area contributed by atoms with Gasteiger partial charge in [-0.15, -0.1) is 10.2 Å². The van der Waals surface area contributed by atoms with Gasteiger partial charge >= 0.3 is 0 Å². The Morgan fingerprint density at radius 2 is 2.12 bits per heavy atom. The van der Waals surface area contributed by atoms with Gasteiger partial charge in [0, 0.05) is 44.8 Å². The summed E-state index contributed by atoms with van der Waals surface area (Å²) in [5.41, 5.74) is 1.29. The van der Waals surface area contributed by atoms with E-state index in [9.17, 15) is 0 Å². The van der Waals surface area contributed by atoms with Gasteiger partial charge in [-0.3, -0.25) is 4.99 Å². The van der Waals surface area contributed by atoms with E-state index in [2.05, 4.69) is 71.5 Å². The molecule has 0 bridgehead atoms. The molecule has 2 N–H and O–H groups in total. The van der Waals surface area contributed by atoms with Crippen molar-refractivity contribution in [1.82, 2.24) is 30.0 Å². The van der Waals surface area contributed by atoms with Crippen molar-refractivity contribution >= 4 is 16.9 Å². The lowest BCUT2D eigenvalue weighted by molar-refractivity contribution is 0.632. The van der Waals surface area contributed by atoms with E-state index in [0.717, 1.165) is 50.1 Å². The summed E-state index contributed by atoms with van der Waals surface area (Å²) in [6.07, 6.45) is 5.39. The molecule has 0 saturated carbocycles. The molecule has 1 aromatic carbocycles. The Balaban J connectivity index is 1.24. The first-order valence-corrected chi connectivity index (χ1v) is 9.24. The molecule has 0 amide bonds. The molecule has 26 heavy (non-hydrogen) atoms. The maximum Gasteiger partial charge on any atom is 0.191 e. The number of benzene rings is 1. The molecule has 0 fully saturated rings. The maximum absolute atomic E-state index is 4.30. The fourth-order valence-electron chi connectivity index (χ4n) is 3.52. The normalized spacial score (nSPS) is 14.0. The van der Waals surface area contributed by atoms with Gasteiger partial charge < -0.3 is 19.8 Å². The lowest BCUT2D eigenvalue weighted by Crippen LogP contribution is -2.38. The summed E-state index contributed by atoms with van der Waals surface area (Å²) in [6, 6.07) is 10.6. The van der Waals surface area contributed by atoms with Gasteiger partial charge in [0.15, 0.2) is 11.8 Å². The molecule has 0 atom stereocenters. The Labute approximate surface area is 153 Å². The van der Waals surface area contributed by atoms with Crippen LogP contribution in [0.5, 0.6) is 0 Å². The van der Waals surface area contributed by atoms with E-state index in [1.807, 2.05) is 0 Å². The number of aliphatic imine (C=N–C) groups is 1. The van der Waals surface area contributed by atoms with Crippen LogP contribution in [0, 0.1) is 0 Å². The topological polar surface area (TPSA) is 72.1 Å². The van der Waals surface area contributed by atoms with Crippen molar-refractivity contribution in [2.24, 2.45) is 4.99 Å². The van der Waals surface area contributed by atoms with Gasteiger partial charge in [-0.25, -0.2) is 0 Å². The molecule has 4 rings (SSSR count). The SMILES string of the molecule is CN=C(NCCCn1ccc2ccccc21)NCc1nnc2n1CCC2. The number of rotatable bonds is 6. The Morgan fingerprint density at radius 3 is 3.04 bits per heavy atom. The third-order valence-corrected chi connectivity index (χ3v) is 4.87. The Hall–Kier alpha value is -2.83. The molecule has 0 aliphatic carbocycles. The molecular formula is C19H25N7. The van der Waals surface area contributed by atoms with Gasteiger partial charge in [-0.1, -0.05) is 18.2 Å². The summed E-state index contributed by atoms with van der Waals surface area (Å²) in [6.45, 7) is 3.52. The fraction of sp³-hybridized carbons (Fsp3) is 0.421. The molecule has 3 heterocycles. The lowest BCUT2D eigenvalue weighted by Gasteiger charge is -2.12. The lowest BCUT2D eigenvalue weighted by atomic mass is 10.2. The molecule has 136 valence electrons. The third kappa shape index (κ3) is 3.42. The van der Waals surface area contributed by atoms with Crippen LogP contribution in [0.2, 0.25) is 0 Å². The highest BCUT2D eigenvalue weighted by atomic mass is 15.3. The van der Waals surface area contributed by atoms with Crippen LogP contribution >= 0.6 is 0 Å². The zero-order valence-electron chi connectivity index (χ0n) is 15.1. The van der Waals surface area contributed by atoms with Crippen LogP contribution in [0.25, 0.3) is 10.9 Å². The van der Waals surface area contributed by atoms with E-state index in [1.54, 1.807) is 7.05 Å². The molecule has 1 aliphatic heterocycles. The summed E-state index contributed by atoms with van der Waals surface area (Å²) in [4.78, 5) is 4.30. The Morgan fingerprint density at radius 1 is 1.19 bits per heavy atom.